The highest BCUT2D eigenvalue weighted by atomic mass is 35.5. The summed E-state index contributed by atoms with van der Waals surface area (Å²) in [6, 6.07) is 12.7. The van der Waals surface area contributed by atoms with Crippen LogP contribution in [0.1, 0.15) is 16.8 Å². The summed E-state index contributed by atoms with van der Waals surface area (Å²) in [5.74, 6) is 0. The molecule has 0 saturated carbocycles. The van der Waals surface area contributed by atoms with Gasteiger partial charge in [0, 0.05) is 23.8 Å². The van der Waals surface area contributed by atoms with Crippen molar-refractivity contribution in [2.24, 2.45) is 0 Å². The molecule has 3 rings (SSSR count). The van der Waals surface area contributed by atoms with Crippen molar-refractivity contribution in [1.82, 2.24) is 10.3 Å². The summed E-state index contributed by atoms with van der Waals surface area (Å²) in [6.45, 7) is 0.827. The molecule has 2 aromatic rings. The fourth-order valence-corrected chi connectivity index (χ4v) is 2.68. The minimum Gasteiger partial charge on any atom is -0.308 e. The molecule has 0 bridgehead atoms. The predicted molar refractivity (Wildman–Crippen MR) is 73.7 cm³/mol. The quantitative estimate of drug-likeness (QED) is 0.916. The summed E-state index contributed by atoms with van der Waals surface area (Å²) >= 11 is 6.01. The number of fused-ring (bicyclic) bond motifs is 1. The third-order valence-corrected chi connectivity index (χ3v) is 3.63. The van der Waals surface area contributed by atoms with E-state index in [-0.39, 0.29) is 0 Å². The summed E-state index contributed by atoms with van der Waals surface area (Å²) in [6.07, 6.45) is 3.97. The molecular weight excluding hydrogens is 244 g/mol. The van der Waals surface area contributed by atoms with Gasteiger partial charge in [-0.1, -0.05) is 23.7 Å². The van der Waals surface area contributed by atoms with Crippen LogP contribution in [0.15, 0.2) is 42.6 Å². The van der Waals surface area contributed by atoms with Crippen LogP contribution in [0.2, 0.25) is 5.02 Å². The highest BCUT2D eigenvalue weighted by Gasteiger charge is 2.20. The van der Waals surface area contributed by atoms with Crippen molar-refractivity contribution in [3.63, 3.8) is 0 Å². The van der Waals surface area contributed by atoms with Crippen molar-refractivity contribution in [2.45, 2.75) is 25.4 Å². The second-order valence-corrected chi connectivity index (χ2v) is 5.16. The average molecular weight is 259 g/mol. The lowest BCUT2D eigenvalue weighted by molar-refractivity contribution is 0.528. The first-order valence-electron chi connectivity index (χ1n) is 6.22. The van der Waals surface area contributed by atoms with Gasteiger partial charge in [-0.2, -0.15) is 0 Å². The fraction of sp³-hybridized carbons (Fsp3) is 0.267. The van der Waals surface area contributed by atoms with Crippen LogP contribution in [-0.4, -0.2) is 11.0 Å². The number of benzene rings is 1. The van der Waals surface area contributed by atoms with E-state index in [1.165, 1.54) is 11.1 Å². The van der Waals surface area contributed by atoms with Crippen molar-refractivity contribution in [1.29, 1.82) is 0 Å². The molecule has 1 aromatic carbocycles. The van der Waals surface area contributed by atoms with E-state index in [0.717, 1.165) is 30.1 Å². The standard InChI is InChI=1S/C15H15ClN2/c16-13-5-4-11-8-15(9-12(11)7-13)18-10-14-3-1-2-6-17-14/h1-7,15,18H,8-10H2. The molecule has 0 amide bonds. The lowest BCUT2D eigenvalue weighted by atomic mass is 10.1. The molecule has 1 unspecified atom stereocenters. The first kappa shape index (κ1) is 11.7. The Balaban J connectivity index is 1.61. The topological polar surface area (TPSA) is 24.9 Å². The summed E-state index contributed by atoms with van der Waals surface area (Å²) in [7, 11) is 0. The normalized spacial score (nSPS) is 17.7. The highest BCUT2D eigenvalue weighted by Crippen LogP contribution is 2.25. The Labute approximate surface area is 112 Å². The zero-order chi connectivity index (χ0) is 12.4. The number of aromatic nitrogens is 1. The van der Waals surface area contributed by atoms with E-state index in [4.69, 9.17) is 11.6 Å². The van der Waals surface area contributed by atoms with Crippen LogP contribution >= 0.6 is 11.6 Å². The second-order valence-electron chi connectivity index (χ2n) is 4.72. The molecule has 1 heterocycles. The van der Waals surface area contributed by atoms with Crippen molar-refractivity contribution in [3.8, 4) is 0 Å². The van der Waals surface area contributed by atoms with E-state index in [0.29, 0.717) is 6.04 Å². The minimum absolute atomic E-state index is 0.500. The summed E-state index contributed by atoms with van der Waals surface area (Å²) in [5.41, 5.74) is 3.88. The second kappa shape index (κ2) is 5.09. The molecule has 1 atom stereocenters. The largest absolute Gasteiger partial charge is 0.308 e. The van der Waals surface area contributed by atoms with Gasteiger partial charge >= 0.3 is 0 Å². The monoisotopic (exact) mass is 258 g/mol. The van der Waals surface area contributed by atoms with Crippen LogP contribution in [-0.2, 0) is 19.4 Å². The third-order valence-electron chi connectivity index (χ3n) is 3.40. The Morgan fingerprint density at radius 2 is 2.06 bits per heavy atom. The molecule has 18 heavy (non-hydrogen) atoms. The Hall–Kier alpha value is -1.38. The molecule has 0 fully saturated rings. The van der Waals surface area contributed by atoms with E-state index >= 15 is 0 Å². The van der Waals surface area contributed by atoms with E-state index in [9.17, 15) is 0 Å². The molecule has 1 aromatic heterocycles. The Kier molecular flexibility index (Phi) is 3.31. The molecule has 2 nitrogen and oxygen atoms in total. The zero-order valence-corrected chi connectivity index (χ0v) is 10.8. The summed E-state index contributed by atoms with van der Waals surface area (Å²) < 4.78 is 0. The van der Waals surface area contributed by atoms with Gasteiger partial charge in [0.1, 0.15) is 0 Å². The van der Waals surface area contributed by atoms with Crippen LogP contribution in [0.4, 0.5) is 0 Å². The number of nitrogens with one attached hydrogen (secondary N) is 1. The molecule has 0 radical (unpaired) electrons. The fourth-order valence-electron chi connectivity index (χ4n) is 2.48. The van der Waals surface area contributed by atoms with Crippen molar-refractivity contribution < 1.29 is 0 Å². The van der Waals surface area contributed by atoms with E-state index in [1.54, 1.807) is 0 Å². The molecule has 0 spiro atoms. The molecule has 92 valence electrons. The van der Waals surface area contributed by atoms with Gasteiger partial charge in [-0.15, -0.1) is 0 Å². The van der Waals surface area contributed by atoms with Crippen LogP contribution < -0.4 is 5.32 Å². The highest BCUT2D eigenvalue weighted by molar-refractivity contribution is 6.30. The summed E-state index contributed by atoms with van der Waals surface area (Å²) in [5, 5.41) is 4.39. The van der Waals surface area contributed by atoms with Gasteiger partial charge in [0.05, 0.1) is 5.69 Å². The van der Waals surface area contributed by atoms with E-state index in [2.05, 4.69) is 22.4 Å². The number of rotatable bonds is 3. The van der Waals surface area contributed by atoms with Gasteiger partial charge in [0.2, 0.25) is 0 Å². The van der Waals surface area contributed by atoms with Crippen LogP contribution in [0.3, 0.4) is 0 Å². The van der Waals surface area contributed by atoms with Crippen molar-refractivity contribution >= 4 is 11.6 Å². The molecule has 1 aliphatic carbocycles. The molecule has 1 aliphatic rings. The minimum atomic E-state index is 0.500. The molecular formula is C15H15ClN2. The Morgan fingerprint density at radius 3 is 2.89 bits per heavy atom. The number of halogens is 1. The number of hydrogen-bond donors (Lipinski definition) is 1. The smallest absolute Gasteiger partial charge is 0.0541 e. The maximum absolute atomic E-state index is 6.01. The number of pyridine rings is 1. The van der Waals surface area contributed by atoms with Gasteiger partial charge in [-0.25, -0.2) is 0 Å². The molecule has 0 aliphatic heterocycles. The predicted octanol–water partition coefficient (Wildman–Crippen LogP) is 2.99. The maximum Gasteiger partial charge on any atom is 0.0541 e. The van der Waals surface area contributed by atoms with Gasteiger partial charge < -0.3 is 5.32 Å². The molecule has 0 saturated heterocycles. The Bertz CT molecular complexity index is 539. The first-order chi connectivity index (χ1) is 8.81. The average Bonchev–Trinajstić information content (AvgIpc) is 2.79. The van der Waals surface area contributed by atoms with Gasteiger partial charge in [-0.05, 0) is 48.2 Å². The third kappa shape index (κ3) is 2.55. The SMILES string of the molecule is Clc1ccc2c(c1)CC(NCc1ccccn1)C2. The lowest BCUT2D eigenvalue weighted by Gasteiger charge is -2.11. The molecule has 1 N–H and O–H groups in total. The Morgan fingerprint density at radius 1 is 1.17 bits per heavy atom. The van der Waals surface area contributed by atoms with Crippen LogP contribution in [0.5, 0.6) is 0 Å². The number of nitrogens with zero attached hydrogens (tertiary/aromatic N) is 1. The van der Waals surface area contributed by atoms with Crippen LogP contribution in [0, 0.1) is 0 Å². The lowest BCUT2D eigenvalue weighted by Crippen LogP contribution is -2.29. The maximum atomic E-state index is 6.01. The van der Waals surface area contributed by atoms with E-state index in [1.807, 2.05) is 30.5 Å². The zero-order valence-electron chi connectivity index (χ0n) is 10.1. The summed E-state index contributed by atoms with van der Waals surface area (Å²) in [4.78, 5) is 4.32. The van der Waals surface area contributed by atoms with Crippen LogP contribution in [0.25, 0.3) is 0 Å². The number of hydrogen-bond acceptors (Lipinski definition) is 2. The first-order valence-corrected chi connectivity index (χ1v) is 6.59. The van der Waals surface area contributed by atoms with Crippen molar-refractivity contribution in [3.05, 3.63) is 64.4 Å². The van der Waals surface area contributed by atoms with E-state index < -0.39 is 0 Å². The van der Waals surface area contributed by atoms with Gasteiger partial charge in [0.15, 0.2) is 0 Å². The van der Waals surface area contributed by atoms with Gasteiger partial charge in [-0.3, -0.25) is 4.98 Å². The van der Waals surface area contributed by atoms with Crippen molar-refractivity contribution in [2.75, 3.05) is 0 Å². The van der Waals surface area contributed by atoms with Gasteiger partial charge in [0.25, 0.3) is 0 Å². The molecule has 3 heteroatoms.